The Kier molecular flexibility index (Phi) is 2.42. The van der Waals surface area contributed by atoms with Crippen LogP contribution < -0.4 is 5.32 Å². The van der Waals surface area contributed by atoms with Gasteiger partial charge in [0, 0.05) is 19.6 Å². The molecule has 1 aliphatic heterocycles. The van der Waals surface area contributed by atoms with Crippen LogP contribution in [0.5, 0.6) is 0 Å². The standard InChI is InChI=1S/C13H18N4/c1-13(9-17(2)8-7-14-13)12-15-10-5-3-4-6-11(10)16-12/h3-6,14H,7-9H2,1-2H3,(H,15,16). The molecule has 4 heteroatoms. The first-order valence-corrected chi connectivity index (χ1v) is 6.06. The molecule has 0 amide bonds. The van der Waals surface area contributed by atoms with Gasteiger partial charge in [0.1, 0.15) is 5.82 Å². The van der Waals surface area contributed by atoms with E-state index >= 15 is 0 Å². The zero-order valence-corrected chi connectivity index (χ0v) is 10.3. The summed E-state index contributed by atoms with van der Waals surface area (Å²) in [5, 5.41) is 3.57. The number of H-pyrrole nitrogens is 1. The van der Waals surface area contributed by atoms with Gasteiger partial charge in [0.05, 0.1) is 16.6 Å². The van der Waals surface area contributed by atoms with Gasteiger partial charge in [-0.1, -0.05) is 12.1 Å². The van der Waals surface area contributed by atoms with Crippen molar-refractivity contribution in [2.75, 3.05) is 26.7 Å². The van der Waals surface area contributed by atoms with Crippen molar-refractivity contribution in [1.29, 1.82) is 0 Å². The van der Waals surface area contributed by atoms with Crippen molar-refractivity contribution in [3.8, 4) is 0 Å². The maximum absolute atomic E-state index is 4.70. The molecule has 2 heterocycles. The molecule has 1 fully saturated rings. The Hall–Kier alpha value is -1.39. The second kappa shape index (κ2) is 3.82. The number of likely N-dealkylation sites (N-methyl/N-ethyl adjacent to an activating group) is 1. The third kappa shape index (κ3) is 1.83. The number of hydrogen-bond donors (Lipinski definition) is 2. The van der Waals surface area contributed by atoms with Crippen LogP contribution in [0.3, 0.4) is 0 Å². The lowest BCUT2D eigenvalue weighted by Crippen LogP contribution is -2.55. The predicted octanol–water partition coefficient (Wildman–Crippen LogP) is 1.31. The molecule has 0 radical (unpaired) electrons. The van der Waals surface area contributed by atoms with Gasteiger partial charge in [0.15, 0.2) is 0 Å². The Balaban J connectivity index is 2.02. The maximum atomic E-state index is 4.70. The fraction of sp³-hybridized carbons (Fsp3) is 0.462. The molecule has 2 N–H and O–H groups in total. The lowest BCUT2D eigenvalue weighted by Gasteiger charge is -2.38. The Morgan fingerprint density at radius 1 is 1.35 bits per heavy atom. The molecular formula is C13H18N4. The molecule has 1 unspecified atom stereocenters. The molecule has 90 valence electrons. The number of piperazine rings is 1. The highest BCUT2D eigenvalue weighted by atomic mass is 15.2. The maximum Gasteiger partial charge on any atom is 0.128 e. The smallest absolute Gasteiger partial charge is 0.128 e. The van der Waals surface area contributed by atoms with Crippen LogP contribution in [0.2, 0.25) is 0 Å². The van der Waals surface area contributed by atoms with Crippen LogP contribution in [0.4, 0.5) is 0 Å². The number of para-hydroxylation sites is 2. The number of nitrogens with one attached hydrogen (secondary N) is 2. The van der Waals surface area contributed by atoms with Crippen LogP contribution >= 0.6 is 0 Å². The first-order chi connectivity index (χ1) is 8.17. The molecule has 0 saturated carbocycles. The van der Waals surface area contributed by atoms with Crippen LogP contribution in [0.15, 0.2) is 24.3 Å². The van der Waals surface area contributed by atoms with E-state index in [0.717, 1.165) is 36.5 Å². The summed E-state index contributed by atoms with van der Waals surface area (Å²) < 4.78 is 0. The summed E-state index contributed by atoms with van der Waals surface area (Å²) in [4.78, 5) is 10.5. The van der Waals surface area contributed by atoms with E-state index in [-0.39, 0.29) is 5.54 Å². The van der Waals surface area contributed by atoms with Crippen molar-refractivity contribution < 1.29 is 0 Å². The molecular weight excluding hydrogens is 212 g/mol. The number of aromatic amines is 1. The normalized spacial score (nSPS) is 26.5. The average molecular weight is 230 g/mol. The van der Waals surface area contributed by atoms with Gasteiger partial charge in [-0.15, -0.1) is 0 Å². The van der Waals surface area contributed by atoms with Crippen molar-refractivity contribution in [2.45, 2.75) is 12.5 Å². The van der Waals surface area contributed by atoms with E-state index in [1.54, 1.807) is 0 Å². The van der Waals surface area contributed by atoms with E-state index in [0.29, 0.717) is 0 Å². The zero-order chi connectivity index (χ0) is 11.9. The first kappa shape index (κ1) is 10.7. The van der Waals surface area contributed by atoms with Gasteiger partial charge < -0.3 is 15.2 Å². The molecule has 0 bridgehead atoms. The van der Waals surface area contributed by atoms with Gasteiger partial charge in [0.2, 0.25) is 0 Å². The summed E-state index contributed by atoms with van der Waals surface area (Å²) in [6.45, 7) is 5.28. The number of nitrogens with zero attached hydrogens (tertiary/aromatic N) is 2. The summed E-state index contributed by atoms with van der Waals surface area (Å²) in [5.41, 5.74) is 2.07. The van der Waals surface area contributed by atoms with E-state index < -0.39 is 0 Å². The van der Waals surface area contributed by atoms with Crippen molar-refractivity contribution in [3.63, 3.8) is 0 Å². The highest BCUT2D eigenvalue weighted by molar-refractivity contribution is 5.74. The summed E-state index contributed by atoms with van der Waals surface area (Å²) in [6.07, 6.45) is 0. The molecule has 0 aliphatic carbocycles. The summed E-state index contributed by atoms with van der Waals surface area (Å²) in [6, 6.07) is 8.18. The van der Waals surface area contributed by atoms with Crippen LogP contribution in [0.25, 0.3) is 11.0 Å². The molecule has 1 aromatic heterocycles. The van der Waals surface area contributed by atoms with Crippen LogP contribution in [-0.4, -0.2) is 41.5 Å². The zero-order valence-electron chi connectivity index (χ0n) is 10.3. The lowest BCUT2D eigenvalue weighted by molar-refractivity contribution is 0.164. The second-order valence-corrected chi connectivity index (χ2v) is 5.10. The Morgan fingerprint density at radius 3 is 2.94 bits per heavy atom. The summed E-state index contributed by atoms with van der Waals surface area (Å²) in [5.74, 6) is 1.03. The van der Waals surface area contributed by atoms with Crippen molar-refractivity contribution in [1.82, 2.24) is 20.2 Å². The molecule has 3 rings (SSSR count). The predicted molar refractivity (Wildman–Crippen MR) is 68.9 cm³/mol. The van der Waals surface area contributed by atoms with Crippen LogP contribution in [-0.2, 0) is 5.54 Å². The highest BCUT2D eigenvalue weighted by Crippen LogP contribution is 2.23. The minimum Gasteiger partial charge on any atom is -0.340 e. The molecule has 1 aliphatic rings. The molecule has 0 spiro atoms. The summed E-state index contributed by atoms with van der Waals surface area (Å²) >= 11 is 0. The van der Waals surface area contributed by atoms with Crippen molar-refractivity contribution in [2.24, 2.45) is 0 Å². The molecule has 2 aromatic rings. The van der Waals surface area contributed by atoms with Gasteiger partial charge in [0.25, 0.3) is 0 Å². The number of aromatic nitrogens is 2. The number of imidazole rings is 1. The highest BCUT2D eigenvalue weighted by Gasteiger charge is 2.33. The number of rotatable bonds is 1. The Morgan fingerprint density at radius 2 is 2.18 bits per heavy atom. The van der Waals surface area contributed by atoms with E-state index in [2.05, 4.69) is 35.2 Å². The average Bonchev–Trinajstić information content (AvgIpc) is 2.73. The third-order valence-electron chi connectivity index (χ3n) is 3.51. The van der Waals surface area contributed by atoms with Gasteiger partial charge in [-0.25, -0.2) is 4.98 Å². The number of benzene rings is 1. The third-order valence-corrected chi connectivity index (χ3v) is 3.51. The van der Waals surface area contributed by atoms with Gasteiger partial charge in [-0.3, -0.25) is 0 Å². The van der Waals surface area contributed by atoms with Gasteiger partial charge in [-0.2, -0.15) is 0 Å². The molecule has 1 atom stereocenters. The topological polar surface area (TPSA) is 44.0 Å². The van der Waals surface area contributed by atoms with E-state index in [4.69, 9.17) is 4.98 Å². The molecule has 1 aromatic carbocycles. The minimum atomic E-state index is -0.0774. The lowest BCUT2D eigenvalue weighted by atomic mass is 9.98. The van der Waals surface area contributed by atoms with Gasteiger partial charge >= 0.3 is 0 Å². The first-order valence-electron chi connectivity index (χ1n) is 6.06. The fourth-order valence-corrected chi connectivity index (χ4v) is 2.57. The fourth-order valence-electron chi connectivity index (χ4n) is 2.57. The van der Waals surface area contributed by atoms with E-state index in [1.165, 1.54) is 0 Å². The quantitative estimate of drug-likeness (QED) is 0.776. The summed E-state index contributed by atoms with van der Waals surface area (Å²) in [7, 11) is 2.15. The molecule has 4 nitrogen and oxygen atoms in total. The Labute approximate surface area is 101 Å². The van der Waals surface area contributed by atoms with Crippen LogP contribution in [0.1, 0.15) is 12.7 Å². The minimum absolute atomic E-state index is 0.0774. The SMILES string of the molecule is CN1CCNC(C)(c2nc3ccccc3[nH]2)C1. The number of fused-ring (bicyclic) bond motifs is 1. The largest absolute Gasteiger partial charge is 0.340 e. The van der Waals surface area contributed by atoms with Crippen molar-refractivity contribution in [3.05, 3.63) is 30.1 Å². The molecule has 1 saturated heterocycles. The second-order valence-electron chi connectivity index (χ2n) is 5.10. The van der Waals surface area contributed by atoms with E-state index in [9.17, 15) is 0 Å². The van der Waals surface area contributed by atoms with Crippen molar-refractivity contribution >= 4 is 11.0 Å². The van der Waals surface area contributed by atoms with Crippen LogP contribution in [0, 0.1) is 0 Å². The molecule has 17 heavy (non-hydrogen) atoms. The van der Waals surface area contributed by atoms with E-state index in [1.807, 2.05) is 18.2 Å². The Bertz CT molecular complexity index is 500. The number of hydrogen-bond acceptors (Lipinski definition) is 3. The van der Waals surface area contributed by atoms with Gasteiger partial charge in [-0.05, 0) is 26.1 Å². The monoisotopic (exact) mass is 230 g/mol.